The number of nitrogens with zero attached hydrogens (tertiary/aromatic N) is 1. The number of benzene rings is 2. The maximum Gasteiger partial charge on any atom is 0.344 e. The minimum atomic E-state index is -0.644. The molecule has 2 aromatic rings. The maximum atomic E-state index is 12.3. The Kier molecular flexibility index (Phi) is 5.88. The quantitative estimate of drug-likeness (QED) is 0.685. The molecule has 0 bridgehead atoms. The Balaban J connectivity index is 2.03. The Hall–Kier alpha value is -2.70. The van der Waals surface area contributed by atoms with Gasteiger partial charge in [-0.3, -0.25) is 0 Å². The molecule has 2 N–H and O–H groups in total. The van der Waals surface area contributed by atoms with E-state index in [9.17, 15) is 15.0 Å². The minimum Gasteiger partial charge on any atom is -0.508 e. The largest absolute Gasteiger partial charge is 0.508 e. The molecule has 0 saturated heterocycles. The third-order valence-electron chi connectivity index (χ3n) is 3.60. The van der Waals surface area contributed by atoms with Gasteiger partial charge in [-0.25, -0.2) is 9.79 Å². The van der Waals surface area contributed by atoms with Crippen molar-refractivity contribution in [3.05, 3.63) is 75.4 Å². The lowest BCUT2D eigenvalue weighted by Gasteiger charge is -2.03. The van der Waals surface area contributed by atoms with Crippen molar-refractivity contribution in [1.82, 2.24) is 0 Å². The van der Waals surface area contributed by atoms with Crippen LogP contribution in [0.1, 0.15) is 12.5 Å². The molecule has 2 aromatic carbocycles. The molecular formula is C20H16ClNO4S. The van der Waals surface area contributed by atoms with Crippen molar-refractivity contribution in [3.63, 3.8) is 0 Å². The molecule has 5 nitrogen and oxygen atoms in total. The summed E-state index contributed by atoms with van der Waals surface area (Å²) in [6.45, 7) is 1.87. The Labute approximate surface area is 165 Å². The number of halogens is 1. The predicted molar refractivity (Wildman–Crippen MR) is 109 cm³/mol. The van der Waals surface area contributed by atoms with Gasteiger partial charge in [0, 0.05) is 5.02 Å². The van der Waals surface area contributed by atoms with Crippen LogP contribution >= 0.6 is 23.4 Å². The average Bonchev–Trinajstić information content (AvgIpc) is 2.92. The van der Waals surface area contributed by atoms with E-state index in [1.165, 1.54) is 0 Å². The van der Waals surface area contributed by atoms with E-state index >= 15 is 0 Å². The fourth-order valence-electron chi connectivity index (χ4n) is 2.39. The highest BCUT2D eigenvalue weighted by molar-refractivity contribution is 8.18. The molecule has 0 amide bonds. The van der Waals surface area contributed by atoms with Gasteiger partial charge in [-0.1, -0.05) is 35.5 Å². The number of thioether (sulfide) groups is 1. The van der Waals surface area contributed by atoms with Gasteiger partial charge in [-0.15, -0.1) is 0 Å². The van der Waals surface area contributed by atoms with Gasteiger partial charge in [-0.05, 0) is 55.0 Å². The number of hydrogen-bond acceptors (Lipinski definition) is 6. The van der Waals surface area contributed by atoms with Gasteiger partial charge in [0.2, 0.25) is 0 Å². The van der Waals surface area contributed by atoms with E-state index in [4.69, 9.17) is 16.3 Å². The van der Waals surface area contributed by atoms with Crippen molar-refractivity contribution >= 4 is 46.1 Å². The first-order valence-corrected chi connectivity index (χ1v) is 9.31. The molecule has 0 aromatic heterocycles. The summed E-state index contributed by atoms with van der Waals surface area (Å²) in [6, 6.07) is 13.4. The molecule has 7 heteroatoms. The number of aliphatic imine (C=N–C) groups is 1. The lowest BCUT2D eigenvalue weighted by Crippen LogP contribution is -2.12. The summed E-state index contributed by atoms with van der Waals surface area (Å²) in [5.41, 5.74) is 1.29. The first-order valence-electron chi connectivity index (χ1n) is 8.12. The summed E-state index contributed by atoms with van der Waals surface area (Å²) < 4.78 is 5.06. The lowest BCUT2D eigenvalue weighted by atomic mass is 10.1. The third-order valence-corrected chi connectivity index (χ3v) is 4.87. The number of aromatic hydroxyl groups is 1. The van der Waals surface area contributed by atoms with Crippen LogP contribution < -0.4 is 0 Å². The Morgan fingerprint density at radius 1 is 1.22 bits per heavy atom. The standard InChI is InChI=1S/C20H16ClNO4S/c1-2-26-20(25)17-18(24)16(11-12-4-3-5-15(23)10-12)27-19(17)22-14-8-6-13(21)7-9-14/h3-11,23-24H,2H2,1H3/b16-11-,22-19?. The Bertz CT molecular complexity index is 964. The third kappa shape index (κ3) is 4.53. The molecule has 0 saturated carbocycles. The molecule has 3 rings (SSSR count). The molecule has 0 unspecified atom stereocenters. The topological polar surface area (TPSA) is 79.1 Å². The van der Waals surface area contributed by atoms with Gasteiger partial charge in [-0.2, -0.15) is 0 Å². The van der Waals surface area contributed by atoms with E-state index in [2.05, 4.69) is 4.99 Å². The number of hydrogen-bond donors (Lipinski definition) is 2. The zero-order valence-corrected chi connectivity index (χ0v) is 15.9. The van der Waals surface area contributed by atoms with Crippen molar-refractivity contribution in [2.75, 3.05) is 6.61 Å². The second kappa shape index (κ2) is 8.33. The van der Waals surface area contributed by atoms with E-state index in [1.807, 2.05) is 0 Å². The van der Waals surface area contributed by atoms with Crippen molar-refractivity contribution in [1.29, 1.82) is 0 Å². The number of aliphatic hydroxyl groups excluding tert-OH is 1. The SMILES string of the molecule is CCOC(=O)C1=C(O)/C(=C/c2cccc(O)c2)SC1=Nc1ccc(Cl)cc1. The predicted octanol–water partition coefficient (Wildman–Crippen LogP) is 5.24. The van der Waals surface area contributed by atoms with Crippen molar-refractivity contribution in [2.24, 2.45) is 4.99 Å². The number of rotatable bonds is 4. The Morgan fingerprint density at radius 2 is 1.96 bits per heavy atom. The molecule has 138 valence electrons. The summed E-state index contributed by atoms with van der Waals surface area (Å²) in [5, 5.41) is 21.1. The van der Waals surface area contributed by atoms with Crippen molar-refractivity contribution in [3.8, 4) is 5.75 Å². The summed E-state index contributed by atoms with van der Waals surface area (Å²) in [7, 11) is 0. The molecule has 1 aliphatic rings. The van der Waals surface area contributed by atoms with Crippen molar-refractivity contribution < 1.29 is 19.7 Å². The van der Waals surface area contributed by atoms with Crippen LogP contribution in [0.15, 0.2) is 69.8 Å². The number of ether oxygens (including phenoxy) is 1. The van der Waals surface area contributed by atoms with Crippen LogP contribution in [0, 0.1) is 0 Å². The van der Waals surface area contributed by atoms with Gasteiger partial charge >= 0.3 is 5.97 Å². The number of aliphatic hydroxyl groups is 1. The highest BCUT2D eigenvalue weighted by atomic mass is 35.5. The van der Waals surface area contributed by atoms with E-state index in [0.29, 0.717) is 26.2 Å². The van der Waals surface area contributed by atoms with Crippen LogP contribution in [0.25, 0.3) is 6.08 Å². The first kappa shape index (κ1) is 19.1. The number of phenols is 1. The van der Waals surface area contributed by atoms with Gasteiger partial charge in [0.25, 0.3) is 0 Å². The van der Waals surface area contributed by atoms with Gasteiger partial charge < -0.3 is 14.9 Å². The summed E-state index contributed by atoms with van der Waals surface area (Å²) in [6.07, 6.45) is 1.67. The molecule has 0 spiro atoms. The molecule has 1 heterocycles. The summed E-state index contributed by atoms with van der Waals surface area (Å²) in [4.78, 5) is 17.2. The monoisotopic (exact) mass is 401 g/mol. The highest BCUT2D eigenvalue weighted by Crippen LogP contribution is 2.40. The van der Waals surface area contributed by atoms with Gasteiger partial charge in [0.1, 0.15) is 22.1 Å². The van der Waals surface area contributed by atoms with Crippen LogP contribution in [0.5, 0.6) is 5.75 Å². The second-order valence-corrected chi connectivity index (χ2v) is 7.01. The normalized spacial score (nSPS) is 17.0. The zero-order chi connectivity index (χ0) is 19.4. The van der Waals surface area contributed by atoms with Crippen molar-refractivity contribution in [2.45, 2.75) is 6.92 Å². The first-order chi connectivity index (χ1) is 13.0. The van der Waals surface area contributed by atoms with Crippen LogP contribution in [-0.2, 0) is 9.53 Å². The Morgan fingerprint density at radius 3 is 2.63 bits per heavy atom. The molecule has 27 heavy (non-hydrogen) atoms. The fraction of sp³-hybridized carbons (Fsp3) is 0.100. The van der Waals surface area contributed by atoms with Gasteiger partial charge in [0.15, 0.2) is 0 Å². The fourth-order valence-corrected chi connectivity index (χ4v) is 3.55. The highest BCUT2D eigenvalue weighted by Gasteiger charge is 2.33. The maximum absolute atomic E-state index is 12.3. The number of esters is 1. The number of phenolic OH excluding ortho intramolecular Hbond substituents is 1. The molecule has 0 aliphatic carbocycles. The summed E-state index contributed by atoms with van der Waals surface area (Å²) in [5.74, 6) is -0.736. The number of carbonyl (C=O) groups excluding carboxylic acids is 1. The van der Waals surface area contributed by atoms with Crippen LogP contribution in [0.4, 0.5) is 5.69 Å². The molecule has 0 radical (unpaired) electrons. The smallest absolute Gasteiger partial charge is 0.344 e. The molecule has 0 atom stereocenters. The summed E-state index contributed by atoms with van der Waals surface area (Å²) >= 11 is 7.04. The van der Waals surface area contributed by atoms with E-state index in [0.717, 1.165) is 11.8 Å². The van der Waals surface area contributed by atoms with E-state index < -0.39 is 5.97 Å². The molecule has 0 fully saturated rings. The molecule has 1 aliphatic heterocycles. The minimum absolute atomic E-state index is 0.0169. The molecular weight excluding hydrogens is 386 g/mol. The van der Waals surface area contributed by atoms with Crippen LogP contribution in [-0.4, -0.2) is 27.8 Å². The lowest BCUT2D eigenvalue weighted by molar-refractivity contribution is -0.138. The average molecular weight is 402 g/mol. The van der Waals surface area contributed by atoms with E-state index in [-0.39, 0.29) is 23.7 Å². The van der Waals surface area contributed by atoms with Gasteiger partial charge in [0.05, 0.1) is 17.2 Å². The zero-order valence-electron chi connectivity index (χ0n) is 14.3. The van der Waals surface area contributed by atoms with Crippen LogP contribution in [0.2, 0.25) is 5.02 Å². The van der Waals surface area contributed by atoms with Crippen LogP contribution in [0.3, 0.4) is 0 Å². The van der Waals surface area contributed by atoms with E-state index in [1.54, 1.807) is 61.5 Å². The second-order valence-electron chi connectivity index (χ2n) is 5.54. The number of carbonyl (C=O) groups is 1.